The van der Waals surface area contributed by atoms with Crippen LogP contribution in [0.25, 0.3) is 0 Å². The van der Waals surface area contributed by atoms with Crippen molar-refractivity contribution in [1.29, 1.82) is 0 Å². The van der Waals surface area contributed by atoms with Gasteiger partial charge in [-0.15, -0.1) is 0 Å². The lowest BCUT2D eigenvalue weighted by Crippen LogP contribution is -2.16. The zero-order valence-electron chi connectivity index (χ0n) is 8.73. The molecule has 14 heavy (non-hydrogen) atoms. The molecular weight excluding hydrogens is 178 g/mol. The summed E-state index contributed by atoms with van der Waals surface area (Å²) in [5, 5.41) is 0. The molecule has 0 saturated carbocycles. The van der Waals surface area contributed by atoms with Crippen LogP contribution >= 0.6 is 0 Å². The van der Waals surface area contributed by atoms with E-state index in [1.165, 1.54) is 0 Å². The molecule has 1 aromatic heterocycles. The van der Waals surface area contributed by atoms with Crippen molar-refractivity contribution in [2.75, 3.05) is 7.11 Å². The van der Waals surface area contributed by atoms with Gasteiger partial charge in [-0.05, 0) is 19.8 Å². The quantitative estimate of drug-likeness (QED) is 0.775. The third-order valence-electron chi connectivity index (χ3n) is 2.73. The number of aromatic nitrogens is 2. The van der Waals surface area contributed by atoms with Crippen molar-refractivity contribution in [3.8, 4) is 0 Å². The molecule has 2 atom stereocenters. The van der Waals surface area contributed by atoms with E-state index >= 15 is 0 Å². The van der Waals surface area contributed by atoms with E-state index in [1.807, 2.05) is 13.1 Å². The number of aryl methyl sites for hydroxylation is 1. The average Bonchev–Trinajstić information content (AvgIpc) is 2.60. The summed E-state index contributed by atoms with van der Waals surface area (Å²) < 4.78 is 7.55. The van der Waals surface area contributed by atoms with Gasteiger partial charge in [0.05, 0.1) is 5.69 Å². The molecule has 0 aromatic carbocycles. The van der Waals surface area contributed by atoms with Crippen LogP contribution in [0.2, 0.25) is 0 Å². The Bertz CT molecular complexity index is 319. The maximum atomic E-state index is 5.80. The molecule has 0 saturated heterocycles. The summed E-state index contributed by atoms with van der Waals surface area (Å²) in [7, 11) is 1.74. The molecule has 0 amide bonds. The smallest absolute Gasteiger partial charge is 0.138 e. The molecule has 0 fully saturated rings. The summed E-state index contributed by atoms with van der Waals surface area (Å²) in [6, 6.07) is 0.00519. The Balaban J connectivity index is 2.33. The van der Waals surface area contributed by atoms with Gasteiger partial charge in [0, 0.05) is 25.9 Å². The number of hydrogen-bond donors (Lipinski definition) is 1. The topological polar surface area (TPSA) is 53.1 Å². The molecule has 2 N–H and O–H groups in total. The second-order valence-electron chi connectivity index (χ2n) is 3.87. The van der Waals surface area contributed by atoms with Gasteiger partial charge in [0.15, 0.2) is 0 Å². The lowest BCUT2D eigenvalue weighted by molar-refractivity contribution is 0.0719. The first kappa shape index (κ1) is 9.68. The summed E-state index contributed by atoms with van der Waals surface area (Å²) in [6.07, 6.45) is 4.41. The molecule has 1 aromatic rings. The van der Waals surface area contributed by atoms with Gasteiger partial charge in [-0.2, -0.15) is 0 Å². The van der Waals surface area contributed by atoms with Gasteiger partial charge < -0.3 is 15.0 Å². The van der Waals surface area contributed by atoms with Gasteiger partial charge in [-0.25, -0.2) is 4.98 Å². The minimum Gasteiger partial charge on any atom is -0.374 e. The number of nitrogens with zero attached hydrogens (tertiary/aromatic N) is 2. The number of rotatable bonds is 2. The number of fused-ring (bicyclic) bond motifs is 1. The molecule has 0 radical (unpaired) electrons. The van der Waals surface area contributed by atoms with E-state index in [-0.39, 0.29) is 12.1 Å². The minimum atomic E-state index is 0.00519. The number of methoxy groups -OCH3 is 1. The van der Waals surface area contributed by atoms with E-state index in [1.54, 1.807) is 7.11 Å². The summed E-state index contributed by atoms with van der Waals surface area (Å²) in [5.74, 6) is 1.03. The SMILES string of the molecule is COC1CCCn2cc(C(C)N)nc21. The Kier molecular flexibility index (Phi) is 2.56. The molecule has 4 heteroatoms. The highest BCUT2D eigenvalue weighted by Gasteiger charge is 2.23. The van der Waals surface area contributed by atoms with Crippen molar-refractivity contribution in [3.05, 3.63) is 17.7 Å². The summed E-state index contributed by atoms with van der Waals surface area (Å²) in [4.78, 5) is 4.52. The molecule has 2 heterocycles. The molecule has 0 spiro atoms. The zero-order valence-corrected chi connectivity index (χ0v) is 8.73. The first-order valence-electron chi connectivity index (χ1n) is 5.07. The molecular formula is C10H17N3O. The maximum Gasteiger partial charge on any atom is 0.138 e. The monoisotopic (exact) mass is 195 g/mol. The average molecular weight is 195 g/mol. The van der Waals surface area contributed by atoms with E-state index in [4.69, 9.17) is 10.5 Å². The summed E-state index contributed by atoms with van der Waals surface area (Å²) >= 11 is 0. The van der Waals surface area contributed by atoms with Crippen molar-refractivity contribution < 1.29 is 4.74 Å². The highest BCUT2D eigenvalue weighted by molar-refractivity contribution is 5.11. The fourth-order valence-corrected chi connectivity index (χ4v) is 1.91. The van der Waals surface area contributed by atoms with E-state index in [0.29, 0.717) is 0 Å². The predicted molar refractivity (Wildman–Crippen MR) is 53.8 cm³/mol. The molecule has 1 aliphatic heterocycles. The lowest BCUT2D eigenvalue weighted by atomic mass is 10.1. The van der Waals surface area contributed by atoms with Gasteiger partial charge >= 0.3 is 0 Å². The first-order chi connectivity index (χ1) is 6.72. The first-order valence-corrected chi connectivity index (χ1v) is 5.07. The second kappa shape index (κ2) is 3.71. The zero-order chi connectivity index (χ0) is 10.1. The van der Waals surface area contributed by atoms with Crippen LogP contribution in [0.3, 0.4) is 0 Å². The van der Waals surface area contributed by atoms with Crippen molar-refractivity contribution in [2.24, 2.45) is 5.73 Å². The van der Waals surface area contributed by atoms with Crippen LogP contribution in [0.15, 0.2) is 6.20 Å². The van der Waals surface area contributed by atoms with Crippen LogP contribution in [0, 0.1) is 0 Å². The Morgan fingerprint density at radius 3 is 3.14 bits per heavy atom. The molecule has 1 aliphatic rings. The lowest BCUT2D eigenvalue weighted by Gasteiger charge is -2.21. The van der Waals surface area contributed by atoms with Crippen LogP contribution < -0.4 is 5.73 Å². The van der Waals surface area contributed by atoms with Crippen molar-refractivity contribution in [1.82, 2.24) is 9.55 Å². The predicted octanol–water partition coefficient (Wildman–Crippen LogP) is 1.38. The van der Waals surface area contributed by atoms with Crippen molar-refractivity contribution >= 4 is 0 Å². The Labute approximate surface area is 84.1 Å². The number of hydrogen-bond acceptors (Lipinski definition) is 3. The number of nitrogens with two attached hydrogens (primary N) is 1. The standard InChI is InChI=1S/C10H17N3O/c1-7(11)8-6-13-5-3-4-9(14-2)10(13)12-8/h6-7,9H,3-5,11H2,1-2H3. The molecule has 2 unspecified atom stereocenters. The van der Waals surface area contributed by atoms with Crippen LogP contribution in [0.4, 0.5) is 0 Å². The summed E-state index contributed by atoms with van der Waals surface area (Å²) in [5.41, 5.74) is 6.76. The minimum absolute atomic E-state index is 0.00519. The van der Waals surface area contributed by atoms with Crippen LogP contribution in [-0.4, -0.2) is 16.7 Å². The number of ether oxygens (including phenoxy) is 1. The second-order valence-corrected chi connectivity index (χ2v) is 3.87. The van der Waals surface area contributed by atoms with Crippen molar-refractivity contribution in [3.63, 3.8) is 0 Å². The van der Waals surface area contributed by atoms with E-state index in [9.17, 15) is 0 Å². The largest absolute Gasteiger partial charge is 0.374 e. The van der Waals surface area contributed by atoms with E-state index in [0.717, 1.165) is 30.9 Å². The number of imidazole rings is 1. The third kappa shape index (κ3) is 1.55. The van der Waals surface area contributed by atoms with Gasteiger partial charge in [0.2, 0.25) is 0 Å². The molecule has 2 rings (SSSR count). The fraction of sp³-hybridized carbons (Fsp3) is 0.700. The molecule has 0 aliphatic carbocycles. The van der Waals surface area contributed by atoms with E-state index in [2.05, 4.69) is 9.55 Å². The molecule has 4 nitrogen and oxygen atoms in total. The Hall–Kier alpha value is -0.870. The van der Waals surface area contributed by atoms with E-state index < -0.39 is 0 Å². The summed E-state index contributed by atoms with van der Waals surface area (Å²) in [6.45, 7) is 2.99. The normalized spacial score (nSPS) is 23.2. The highest BCUT2D eigenvalue weighted by Crippen LogP contribution is 2.27. The van der Waals surface area contributed by atoms with Gasteiger partial charge in [-0.1, -0.05) is 0 Å². The van der Waals surface area contributed by atoms with Gasteiger partial charge in [0.1, 0.15) is 11.9 Å². The van der Waals surface area contributed by atoms with Crippen molar-refractivity contribution in [2.45, 2.75) is 38.5 Å². The molecule has 78 valence electrons. The Morgan fingerprint density at radius 1 is 1.71 bits per heavy atom. The fourth-order valence-electron chi connectivity index (χ4n) is 1.91. The van der Waals surface area contributed by atoms with Crippen LogP contribution in [0.5, 0.6) is 0 Å². The Morgan fingerprint density at radius 2 is 2.50 bits per heavy atom. The van der Waals surface area contributed by atoms with Crippen LogP contribution in [-0.2, 0) is 11.3 Å². The highest BCUT2D eigenvalue weighted by atomic mass is 16.5. The molecule has 0 bridgehead atoms. The van der Waals surface area contributed by atoms with Crippen LogP contribution in [0.1, 0.15) is 43.4 Å². The van der Waals surface area contributed by atoms with Gasteiger partial charge in [0.25, 0.3) is 0 Å². The third-order valence-corrected chi connectivity index (χ3v) is 2.73. The maximum absolute atomic E-state index is 5.80. The van der Waals surface area contributed by atoms with Gasteiger partial charge in [-0.3, -0.25) is 0 Å².